The van der Waals surface area contributed by atoms with E-state index in [9.17, 15) is 14.4 Å². The van der Waals surface area contributed by atoms with Crippen LogP contribution in [0.25, 0.3) is 5.69 Å². The quantitative estimate of drug-likeness (QED) is 0.640. The third kappa shape index (κ3) is 4.44. The summed E-state index contributed by atoms with van der Waals surface area (Å²) in [5.41, 5.74) is 4.81. The van der Waals surface area contributed by atoms with Crippen molar-refractivity contribution in [1.82, 2.24) is 20.6 Å². The van der Waals surface area contributed by atoms with E-state index in [1.165, 1.54) is 30.0 Å². The summed E-state index contributed by atoms with van der Waals surface area (Å²) in [6.45, 7) is 1.67. The number of aromatic nitrogens is 2. The summed E-state index contributed by atoms with van der Waals surface area (Å²) in [7, 11) is 1.51. The van der Waals surface area contributed by atoms with Gasteiger partial charge in [-0.05, 0) is 43.3 Å². The van der Waals surface area contributed by atoms with Gasteiger partial charge in [0.1, 0.15) is 5.75 Å². The summed E-state index contributed by atoms with van der Waals surface area (Å²) < 4.78 is 6.42. The Kier molecular flexibility index (Phi) is 5.94. The van der Waals surface area contributed by atoms with Crippen LogP contribution in [0.1, 0.15) is 26.5 Å². The highest BCUT2D eigenvalue weighted by atomic mass is 35.5. The van der Waals surface area contributed by atoms with Gasteiger partial charge in [0.05, 0.1) is 17.8 Å². The van der Waals surface area contributed by atoms with E-state index in [-0.39, 0.29) is 5.69 Å². The van der Waals surface area contributed by atoms with E-state index in [1.807, 2.05) is 0 Å². The molecule has 0 saturated heterocycles. The van der Waals surface area contributed by atoms with Gasteiger partial charge in [0.2, 0.25) is 5.43 Å². The first kappa shape index (κ1) is 20.1. The molecule has 148 valence electrons. The molecule has 0 spiro atoms. The Morgan fingerprint density at radius 1 is 1.03 bits per heavy atom. The summed E-state index contributed by atoms with van der Waals surface area (Å²) in [5, 5.41) is 4.52. The minimum absolute atomic E-state index is 0.302. The van der Waals surface area contributed by atoms with E-state index in [0.29, 0.717) is 27.7 Å². The molecule has 0 saturated carbocycles. The predicted octanol–water partition coefficient (Wildman–Crippen LogP) is 2.28. The van der Waals surface area contributed by atoms with Gasteiger partial charge in [0.15, 0.2) is 5.69 Å². The summed E-state index contributed by atoms with van der Waals surface area (Å²) in [6, 6.07) is 14.5. The van der Waals surface area contributed by atoms with Crippen molar-refractivity contribution >= 4 is 23.4 Å². The number of nitrogens with zero attached hydrogens (tertiary/aromatic N) is 2. The zero-order valence-electron chi connectivity index (χ0n) is 15.6. The Hall–Kier alpha value is -3.65. The monoisotopic (exact) mass is 412 g/mol. The number of hydrogen-bond donors (Lipinski definition) is 2. The second kappa shape index (κ2) is 8.57. The Balaban J connectivity index is 1.80. The Labute approximate surface area is 171 Å². The van der Waals surface area contributed by atoms with E-state index in [4.69, 9.17) is 16.3 Å². The minimum Gasteiger partial charge on any atom is -0.497 e. The van der Waals surface area contributed by atoms with Crippen LogP contribution in [-0.4, -0.2) is 28.7 Å². The van der Waals surface area contributed by atoms with Crippen molar-refractivity contribution in [2.24, 2.45) is 0 Å². The lowest BCUT2D eigenvalue weighted by atomic mass is 10.2. The van der Waals surface area contributed by atoms with Crippen LogP contribution in [0.5, 0.6) is 5.75 Å². The van der Waals surface area contributed by atoms with E-state index in [1.54, 1.807) is 43.3 Å². The van der Waals surface area contributed by atoms with Crippen LogP contribution in [0.4, 0.5) is 0 Å². The molecule has 2 amide bonds. The SMILES string of the molecule is COc1ccc(C(=O)NNC(=O)c2nn(-c3ccccc3Cl)c(C)cc2=O)cc1. The molecule has 0 aliphatic carbocycles. The van der Waals surface area contributed by atoms with Gasteiger partial charge in [-0.25, -0.2) is 4.68 Å². The molecule has 29 heavy (non-hydrogen) atoms. The standard InChI is InChI=1S/C20H17ClN4O4/c1-12-11-17(26)18(24-25(12)16-6-4-3-5-15(16)21)20(28)23-22-19(27)13-7-9-14(29-2)10-8-13/h3-11H,1-2H3,(H,22,27)(H,23,28). The van der Waals surface area contributed by atoms with E-state index in [0.717, 1.165) is 0 Å². The Morgan fingerprint density at radius 2 is 1.69 bits per heavy atom. The molecule has 0 radical (unpaired) electrons. The van der Waals surface area contributed by atoms with E-state index in [2.05, 4.69) is 16.0 Å². The smallest absolute Gasteiger partial charge is 0.294 e. The van der Waals surface area contributed by atoms with Crippen molar-refractivity contribution in [1.29, 1.82) is 0 Å². The number of ether oxygens (including phenoxy) is 1. The van der Waals surface area contributed by atoms with Crippen molar-refractivity contribution < 1.29 is 14.3 Å². The lowest BCUT2D eigenvalue weighted by Gasteiger charge is -2.13. The molecule has 0 bridgehead atoms. The topological polar surface area (TPSA) is 102 Å². The van der Waals surface area contributed by atoms with Gasteiger partial charge < -0.3 is 4.74 Å². The fourth-order valence-corrected chi connectivity index (χ4v) is 2.78. The molecule has 2 N–H and O–H groups in total. The molecule has 0 unspecified atom stereocenters. The van der Waals surface area contributed by atoms with Crippen LogP contribution in [-0.2, 0) is 0 Å². The largest absolute Gasteiger partial charge is 0.497 e. The molecule has 0 aliphatic heterocycles. The van der Waals surface area contributed by atoms with Crippen LogP contribution in [0.2, 0.25) is 5.02 Å². The first-order valence-electron chi connectivity index (χ1n) is 8.51. The predicted molar refractivity (Wildman–Crippen MR) is 108 cm³/mol. The van der Waals surface area contributed by atoms with Gasteiger partial charge in [0, 0.05) is 17.3 Å². The zero-order valence-corrected chi connectivity index (χ0v) is 16.4. The fourth-order valence-electron chi connectivity index (χ4n) is 2.56. The van der Waals surface area contributed by atoms with Gasteiger partial charge in [-0.1, -0.05) is 23.7 Å². The van der Waals surface area contributed by atoms with Crippen LogP contribution in [0, 0.1) is 6.92 Å². The number of para-hydroxylation sites is 1. The molecule has 1 aromatic heterocycles. The van der Waals surface area contributed by atoms with Gasteiger partial charge in [0.25, 0.3) is 11.8 Å². The van der Waals surface area contributed by atoms with Crippen LogP contribution in [0.15, 0.2) is 59.4 Å². The zero-order chi connectivity index (χ0) is 21.0. The molecule has 3 aromatic rings. The number of benzene rings is 2. The van der Waals surface area contributed by atoms with Crippen molar-refractivity contribution in [2.45, 2.75) is 6.92 Å². The third-order valence-electron chi connectivity index (χ3n) is 4.04. The molecular weight excluding hydrogens is 396 g/mol. The molecule has 0 fully saturated rings. The fraction of sp³-hybridized carbons (Fsp3) is 0.100. The number of hydrogen-bond acceptors (Lipinski definition) is 5. The molecule has 9 heteroatoms. The lowest BCUT2D eigenvalue weighted by Crippen LogP contribution is -2.44. The van der Waals surface area contributed by atoms with Crippen molar-refractivity contribution in [2.75, 3.05) is 7.11 Å². The number of halogens is 1. The van der Waals surface area contributed by atoms with Crippen LogP contribution < -0.4 is 21.0 Å². The lowest BCUT2D eigenvalue weighted by molar-refractivity contribution is 0.0842. The number of amides is 2. The summed E-state index contributed by atoms with van der Waals surface area (Å²) in [6.07, 6.45) is 0. The maximum Gasteiger partial charge on any atom is 0.294 e. The molecular formula is C20H17ClN4O4. The Morgan fingerprint density at radius 3 is 2.34 bits per heavy atom. The Bertz CT molecular complexity index is 1130. The van der Waals surface area contributed by atoms with Crippen molar-refractivity contribution in [3.63, 3.8) is 0 Å². The number of carbonyl (C=O) groups is 2. The highest BCUT2D eigenvalue weighted by Gasteiger charge is 2.17. The summed E-state index contributed by atoms with van der Waals surface area (Å²) in [4.78, 5) is 36.8. The van der Waals surface area contributed by atoms with Crippen molar-refractivity contribution in [3.8, 4) is 11.4 Å². The number of nitrogens with one attached hydrogen (secondary N) is 2. The number of carbonyl (C=O) groups excluding carboxylic acids is 2. The van der Waals surface area contributed by atoms with E-state index < -0.39 is 17.2 Å². The van der Waals surface area contributed by atoms with Crippen LogP contribution in [0.3, 0.4) is 0 Å². The van der Waals surface area contributed by atoms with Gasteiger partial charge >= 0.3 is 0 Å². The number of rotatable bonds is 4. The summed E-state index contributed by atoms with van der Waals surface area (Å²) >= 11 is 6.19. The highest BCUT2D eigenvalue weighted by Crippen LogP contribution is 2.19. The molecule has 0 atom stereocenters. The van der Waals surface area contributed by atoms with Gasteiger partial charge in [-0.3, -0.25) is 25.2 Å². The number of hydrazine groups is 1. The molecule has 8 nitrogen and oxygen atoms in total. The average molecular weight is 413 g/mol. The second-order valence-corrected chi connectivity index (χ2v) is 6.41. The molecule has 0 aliphatic rings. The first-order valence-corrected chi connectivity index (χ1v) is 8.89. The minimum atomic E-state index is -0.849. The molecule has 3 rings (SSSR count). The normalized spacial score (nSPS) is 10.3. The number of methoxy groups -OCH3 is 1. The second-order valence-electron chi connectivity index (χ2n) is 6.00. The van der Waals surface area contributed by atoms with E-state index >= 15 is 0 Å². The average Bonchev–Trinajstić information content (AvgIpc) is 2.72. The summed E-state index contributed by atoms with van der Waals surface area (Å²) in [5.74, 6) is -0.813. The third-order valence-corrected chi connectivity index (χ3v) is 4.36. The first-order chi connectivity index (χ1) is 13.9. The maximum atomic E-state index is 12.4. The number of aryl methyl sites for hydroxylation is 1. The highest BCUT2D eigenvalue weighted by molar-refractivity contribution is 6.32. The maximum absolute atomic E-state index is 12.4. The molecule has 2 aromatic carbocycles. The van der Waals surface area contributed by atoms with Crippen LogP contribution >= 0.6 is 11.6 Å². The van der Waals surface area contributed by atoms with Crippen molar-refractivity contribution in [3.05, 3.63) is 86.8 Å². The van der Waals surface area contributed by atoms with Gasteiger partial charge in [-0.15, -0.1) is 0 Å². The van der Waals surface area contributed by atoms with Gasteiger partial charge in [-0.2, -0.15) is 5.10 Å². The molecule has 1 heterocycles.